The van der Waals surface area contributed by atoms with E-state index in [1.54, 1.807) is 0 Å². The summed E-state index contributed by atoms with van der Waals surface area (Å²) in [6.45, 7) is 1.41. The van der Waals surface area contributed by atoms with E-state index < -0.39 is 34.4 Å². The zero-order chi connectivity index (χ0) is 20.1. The molecule has 27 heavy (non-hydrogen) atoms. The van der Waals surface area contributed by atoms with Crippen molar-refractivity contribution in [2.45, 2.75) is 13.0 Å². The second-order valence-electron chi connectivity index (χ2n) is 5.13. The number of amides is 3. The van der Waals surface area contributed by atoms with Crippen LogP contribution in [0.5, 0.6) is 5.88 Å². The molecule has 0 unspecified atom stereocenters. The first-order valence-electron chi connectivity index (χ1n) is 7.32. The van der Waals surface area contributed by atoms with Gasteiger partial charge in [-0.05, 0) is 25.1 Å². The number of aromatic nitrogens is 2. The molecule has 0 aliphatic carbocycles. The van der Waals surface area contributed by atoms with E-state index in [1.807, 2.05) is 0 Å². The summed E-state index contributed by atoms with van der Waals surface area (Å²) in [6, 6.07) is 1.72. The number of nitrogens with zero attached hydrogens (tertiary/aromatic N) is 3. The van der Waals surface area contributed by atoms with Gasteiger partial charge in [-0.25, -0.2) is 19.3 Å². The number of methoxy groups -OCH3 is 1. The Labute approximate surface area is 156 Å². The number of hydrazine groups is 1. The van der Waals surface area contributed by atoms with Crippen LogP contribution >= 0.6 is 11.6 Å². The van der Waals surface area contributed by atoms with Gasteiger partial charge in [0.1, 0.15) is 18.1 Å². The summed E-state index contributed by atoms with van der Waals surface area (Å²) in [4.78, 5) is 34.0. The van der Waals surface area contributed by atoms with Crippen molar-refractivity contribution >= 4 is 34.9 Å². The summed E-state index contributed by atoms with van der Waals surface area (Å²) in [5, 5.41) is 16.8. The molecule has 1 atom stereocenters. The van der Waals surface area contributed by atoms with Crippen LogP contribution in [0.3, 0.4) is 0 Å². The number of nitrogens with one attached hydrogen (secondary N) is 3. The molecular weight excluding hydrogens is 387 g/mol. The molecule has 0 bridgehead atoms. The summed E-state index contributed by atoms with van der Waals surface area (Å²) in [5.74, 6) is -1.60. The Balaban J connectivity index is 1.95. The number of hydrogen-bond acceptors (Lipinski definition) is 6. The van der Waals surface area contributed by atoms with E-state index in [1.165, 1.54) is 26.2 Å². The van der Waals surface area contributed by atoms with Crippen LogP contribution in [0.1, 0.15) is 13.0 Å². The molecule has 2 rings (SSSR count). The van der Waals surface area contributed by atoms with Crippen LogP contribution in [-0.4, -0.2) is 33.8 Å². The van der Waals surface area contributed by atoms with Crippen LogP contribution in [0.4, 0.5) is 20.6 Å². The van der Waals surface area contributed by atoms with Gasteiger partial charge in [-0.1, -0.05) is 11.6 Å². The molecule has 0 saturated carbocycles. The summed E-state index contributed by atoms with van der Waals surface area (Å²) in [5.41, 5.74) is 4.00. The molecule has 1 aromatic heterocycles. The van der Waals surface area contributed by atoms with Crippen molar-refractivity contribution in [1.82, 2.24) is 20.6 Å². The Morgan fingerprint density at radius 1 is 1.41 bits per heavy atom. The maximum absolute atomic E-state index is 13.1. The summed E-state index contributed by atoms with van der Waals surface area (Å²) < 4.78 is 18.9. The number of halogens is 2. The van der Waals surface area contributed by atoms with Crippen LogP contribution in [0.25, 0.3) is 0 Å². The lowest BCUT2D eigenvalue weighted by Gasteiger charge is -2.13. The maximum Gasteiger partial charge on any atom is 0.350 e. The van der Waals surface area contributed by atoms with Gasteiger partial charge in [-0.3, -0.25) is 20.3 Å². The Hall–Kier alpha value is -3.41. The highest BCUT2D eigenvalue weighted by molar-refractivity contribution is 6.31. The van der Waals surface area contributed by atoms with Gasteiger partial charge in [0, 0.05) is 5.69 Å². The molecule has 0 saturated heterocycles. The molecule has 0 aliphatic rings. The van der Waals surface area contributed by atoms with Gasteiger partial charge in [0.2, 0.25) is 0 Å². The van der Waals surface area contributed by atoms with Crippen molar-refractivity contribution in [1.29, 1.82) is 0 Å². The molecule has 0 fully saturated rings. The van der Waals surface area contributed by atoms with Crippen LogP contribution in [0.2, 0.25) is 5.02 Å². The number of carbonyl (C=O) groups excluding carboxylic acids is 2. The van der Waals surface area contributed by atoms with Gasteiger partial charge >= 0.3 is 17.6 Å². The number of anilines is 1. The molecule has 2 aromatic rings. The highest BCUT2D eigenvalue weighted by Gasteiger charge is 2.25. The first kappa shape index (κ1) is 19.9. The Kier molecular flexibility index (Phi) is 6.13. The fraction of sp³-hybridized carbons (Fsp3) is 0.214. The van der Waals surface area contributed by atoms with Crippen LogP contribution in [-0.2, 0) is 4.79 Å². The lowest BCUT2D eigenvalue weighted by atomic mass is 10.3. The van der Waals surface area contributed by atoms with Crippen LogP contribution in [0.15, 0.2) is 24.4 Å². The molecule has 144 valence electrons. The Morgan fingerprint density at radius 2 is 2.11 bits per heavy atom. The van der Waals surface area contributed by atoms with E-state index >= 15 is 0 Å². The Morgan fingerprint density at radius 3 is 2.67 bits per heavy atom. The average molecular weight is 401 g/mol. The van der Waals surface area contributed by atoms with Crippen molar-refractivity contribution in [2.24, 2.45) is 0 Å². The zero-order valence-electron chi connectivity index (χ0n) is 14.0. The third-order valence-corrected chi connectivity index (χ3v) is 3.61. The number of hydrogen-bond donors (Lipinski definition) is 3. The first-order chi connectivity index (χ1) is 12.7. The number of rotatable bonds is 5. The monoisotopic (exact) mass is 400 g/mol. The second-order valence-corrected chi connectivity index (χ2v) is 5.54. The normalized spacial score (nSPS) is 11.4. The van der Waals surface area contributed by atoms with Gasteiger partial charge in [0.05, 0.1) is 17.1 Å². The fourth-order valence-electron chi connectivity index (χ4n) is 1.91. The lowest BCUT2D eigenvalue weighted by Crippen LogP contribution is -2.46. The summed E-state index contributed by atoms with van der Waals surface area (Å²) in [6.07, 6.45) is 1.03. The third-order valence-electron chi connectivity index (χ3n) is 3.32. The fourth-order valence-corrected chi connectivity index (χ4v) is 2.09. The molecule has 3 amide bonds. The van der Waals surface area contributed by atoms with E-state index in [2.05, 4.69) is 21.3 Å². The molecule has 13 heteroatoms. The molecule has 11 nitrogen and oxygen atoms in total. The molecule has 0 aliphatic heterocycles. The van der Waals surface area contributed by atoms with Crippen molar-refractivity contribution in [3.63, 3.8) is 0 Å². The van der Waals surface area contributed by atoms with Gasteiger partial charge in [0.15, 0.2) is 0 Å². The smallest absolute Gasteiger partial charge is 0.350 e. The van der Waals surface area contributed by atoms with Crippen LogP contribution in [0, 0.1) is 15.9 Å². The third kappa shape index (κ3) is 4.82. The average Bonchev–Trinajstić information content (AvgIpc) is 3.07. The number of ether oxygens (including phenoxy) is 1. The maximum atomic E-state index is 13.1. The summed E-state index contributed by atoms with van der Waals surface area (Å²) in [7, 11) is 1.21. The number of nitro groups is 1. The second kappa shape index (κ2) is 8.31. The number of urea groups is 1. The molecule has 0 radical (unpaired) electrons. The summed E-state index contributed by atoms with van der Waals surface area (Å²) >= 11 is 5.60. The molecule has 1 heterocycles. The van der Waals surface area contributed by atoms with Crippen molar-refractivity contribution in [2.75, 3.05) is 12.4 Å². The minimum absolute atomic E-state index is 0.181. The highest BCUT2D eigenvalue weighted by Crippen LogP contribution is 2.25. The SMILES string of the molecule is COc1nn([C@H](C)C(=O)NNC(=O)Nc2ccc(F)c(Cl)c2)cc1[N+](=O)[O-]. The predicted octanol–water partition coefficient (Wildman–Crippen LogP) is 2.01. The quantitative estimate of drug-likeness (QED) is 0.518. The minimum atomic E-state index is -0.992. The van der Waals surface area contributed by atoms with Gasteiger partial charge in [0.25, 0.3) is 5.91 Å². The largest absolute Gasteiger partial charge is 0.475 e. The van der Waals surface area contributed by atoms with Gasteiger partial charge in [-0.2, -0.15) is 0 Å². The lowest BCUT2D eigenvalue weighted by molar-refractivity contribution is -0.385. The predicted molar refractivity (Wildman–Crippen MR) is 91.9 cm³/mol. The van der Waals surface area contributed by atoms with E-state index in [0.717, 1.165) is 16.9 Å². The minimum Gasteiger partial charge on any atom is -0.475 e. The van der Waals surface area contributed by atoms with Crippen molar-refractivity contribution < 1.29 is 23.6 Å². The van der Waals surface area contributed by atoms with Gasteiger partial charge < -0.3 is 10.1 Å². The van der Waals surface area contributed by atoms with E-state index in [0.29, 0.717) is 0 Å². The van der Waals surface area contributed by atoms with E-state index in [-0.39, 0.29) is 16.6 Å². The molecule has 0 spiro atoms. The van der Waals surface area contributed by atoms with Crippen molar-refractivity contribution in [3.05, 3.63) is 45.4 Å². The highest BCUT2D eigenvalue weighted by atomic mass is 35.5. The van der Waals surface area contributed by atoms with Gasteiger partial charge in [-0.15, -0.1) is 5.10 Å². The molecule has 3 N–H and O–H groups in total. The van der Waals surface area contributed by atoms with Crippen molar-refractivity contribution in [3.8, 4) is 5.88 Å². The first-order valence-corrected chi connectivity index (χ1v) is 7.70. The van der Waals surface area contributed by atoms with E-state index in [4.69, 9.17) is 16.3 Å². The number of carbonyl (C=O) groups is 2. The standard InChI is InChI=1S/C14H14ClFN6O5/c1-7(21-6-11(22(25)26)13(20-21)27-2)12(23)18-19-14(24)17-8-3-4-10(16)9(15)5-8/h3-7H,1-2H3,(H,18,23)(H2,17,19,24)/t7-/m1/s1. The molecular formula is C14H14ClFN6O5. The Bertz CT molecular complexity index is 889. The topological polar surface area (TPSA) is 140 Å². The zero-order valence-corrected chi connectivity index (χ0v) is 14.8. The molecule has 1 aromatic carbocycles. The number of benzene rings is 1. The van der Waals surface area contributed by atoms with Crippen LogP contribution < -0.4 is 20.9 Å². The van der Waals surface area contributed by atoms with E-state index in [9.17, 15) is 24.1 Å².